The lowest BCUT2D eigenvalue weighted by Gasteiger charge is -2.38. The van der Waals surface area contributed by atoms with Gasteiger partial charge in [-0.3, -0.25) is 9.69 Å². The van der Waals surface area contributed by atoms with E-state index in [0.717, 1.165) is 32.5 Å². The van der Waals surface area contributed by atoms with E-state index in [0.29, 0.717) is 5.69 Å². The van der Waals surface area contributed by atoms with E-state index in [1.165, 1.54) is 41.0 Å². The summed E-state index contributed by atoms with van der Waals surface area (Å²) in [6.07, 6.45) is 1.53. The van der Waals surface area contributed by atoms with Crippen molar-refractivity contribution in [2.75, 3.05) is 18.0 Å². The predicted molar refractivity (Wildman–Crippen MR) is 124 cm³/mol. The van der Waals surface area contributed by atoms with Gasteiger partial charge in [0.2, 0.25) is 0 Å². The molecule has 3 aromatic carbocycles. The predicted octanol–water partition coefficient (Wildman–Crippen LogP) is 5.89. The molecule has 1 saturated heterocycles. The average molecular weight is 435 g/mol. The van der Waals surface area contributed by atoms with Crippen molar-refractivity contribution in [2.24, 2.45) is 0 Å². The molecule has 0 aromatic heterocycles. The van der Waals surface area contributed by atoms with Crippen molar-refractivity contribution in [1.29, 1.82) is 0 Å². The first-order valence-electron chi connectivity index (χ1n) is 11.0. The van der Waals surface area contributed by atoms with Gasteiger partial charge in [0.25, 0.3) is 5.91 Å². The zero-order valence-corrected chi connectivity index (χ0v) is 18.5. The van der Waals surface area contributed by atoms with Crippen molar-refractivity contribution in [3.8, 4) is 0 Å². The number of piperidine rings is 1. The summed E-state index contributed by atoms with van der Waals surface area (Å²) in [5.74, 6) is -1.30. The van der Waals surface area contributed by atoms with Gasteiger partial charge in [0, 0.05) is 31.4 Å². The molecule has 166 valence electrons. The fourth-order valence-electron chi connectivity index (χ4n) is 4.36. The molecule has 1 aliphatic rings. The lowest BCUT2D eigenvalue weighted by Crippen LogP contribution is -2.47. The van der Waals surface area contributed by atoms with Crippen molar-refractivity contribution in [1.82, 2.24) is 4.90 Å². The second kappa shape index (κ2) is 9.61. The fraction of sp³-hybridized carbons (Fsp3) is 0.296. The fourth-order valence-corrected chi connectivity index (χ4v) is 4.36. The number of nitrogens with zero attached hydrogens (tertiary/aromatic N) is 2. The maximum atomic E-state index is 14.4. The summed E-state index contributed by atoms with van der Waals surface area (Å²) in [5.41, 5.74) is 4.48. The number of anilines is 1. The van der Waals surface area contributed by atoms with Crippen molar-refractivity contribution < 1.29 is 13.6 Å². The van der Waals surface area contributed by atoms with Crippen molar-refractivity contribution in [2.45, 2.75) is 39.3 Å². The van der Waals surface area contributed by atoms with E-state index in [2.05, 4.69) is 36.9 Å². The molecule has 3 nitrogen and oxygen atoms in total. The molecule has 0 atom stereocenters. The van der Waals surface area contributed by atoms with Crippen LogP contribution >= 0.6 is 0 Å². The topological polar surface area (TPSA) is 23.6 Å². The maximum Gasteiger partial charge on any atom is 0.261 e. The summed E-state index contributed by atoms with van der Waals surface area (Å²) in [6, 6.07) is 18.4. The number of halogens is 2. The maximum absolute atomic E-state index is 14.4. The summed E-state index contributed by atoms with van der Waals surface area (Å²) in [4.78, 5) is 17.4. The van der Waals surface area contributed by atoms with Crippen LogP contribution in [0.15, 0.2) is 66.7 Å². The van der Waals surface area contributed by atoms with Gasteiger partial charge in [0.15, 0.2) is 0 Å². The molecule has 1 aliphatic heterocycles. The first-order chi connectivity index (χ1) is 15.4. The zero-order valence-electron chi connectivity index (χ0n) is 18.5. The lowest BCUT2D eigenvalue weighted by molar-refractivity contribution is 0.0954. The Morgan fingerprint density at radius 2 is 1.62 bits per heavy atom. The summed E-state index contributed by atoms with van der Waals surface area (Å²) in [6.45, 7) is 6.77. The van der Waals surface area contributed by atoms with Crippen LogP contribution in [0.5, 0.6) is 0 Å². The molecule has 0 radical (unpaired) electrons. The highest BCUT2D eigenvalue weighted by Crippen LogP contribution is 2.27. The highest BCUT2D eigenvalue weighted by Gasteiger charge is 2.31. The van der Waals surface area contributed by atoms with E-state index in [1.807, 2.05) is 0 Å². The Kier molecular flexibility index (Phi) is 6.66. The first kappa shape index (κ1) is 22.2. The SMILES string of the molecule is Cc1ccc(CN2CCC(N(C(=O)c3ccccc3F)c3ccc(F)cc3)CC2)cc1C. The van der Waals surface area contributed by atoms with E-state index < -0.39 is 5.82 Å². The summed E-state index contributed by atoms with van der Waals surface area (Å²) in [7, 11) is 0. The Labute approximate surface area is 188 Å². The number of aryl methyl sites for hydroxylation is 2. The van der Waals surface area contributed by atoms with Gasteiger partial charge in [-0.2, -0.15) is 0 Å². The van der Waals surface area contributed by atoms with Crippen LogP contribution in [0.3, 0.4) is 0 Å². The molecule has 1 amide bonds. The molecule has 3 aromatic rings. The molecule has 0 N–H and O–H groups in total. The molecule has 0 unspecified atom stereocenters. The van der Waals surface area contributed by atoms with Crippen molar-refractivity contribution in [3.63, 3.8) is 0 Å². The molecule has 1 fully saturated rings. The van der Waals surface area contributed by atoms with Crippen LogP contribution in [-0.2, 0) is 6.54 Å². The van der Waals surface area contributed by atoms with Gasteiger partial charge in [-0.05, 0) is 79.8 Å². The number of rotatable bonds is 5. The van der Waals surface area contributed by atoms with Crippen molar-refractivity contribution >= 4 is 11.6 Å². The second-order valence-electron chi connectivity index (χ2n) is 8.56. The van der Waals surface area contributed by atoms with Gasteiger partial charge in [-0.15, -0.1) is 0 Å². The Morgan fingerprint density at radius 1 is 0.938 bits per heavy atom. The quantitative estimate of drug-likeness (QED) is 0.500. The third-order valence-electron chi connectivity index (χ3n) is 6.33. The Morgan fingerprint density at radius 3 is 2.28 bits per heavy atom. The molecule has 0 aliphatic carbocycles. The monoisotopic (exact) mass is 434 g/mol. The molecule has 0 bridgehead atoms. The molecular weight excluding hydrogens is 406 g/mol. The Balaban J connectivity index is 1.52. The number of likely N-dealkylation sites (tertiary alicyclic amines) is 1. The van der Waals surface area contributed by atoms with Gasteiger partial charge in [-0.1, -0.05) is 30.3 Å². The summed E-state index contributed by atoms with van der Waals surface area (Å²) < 4.78 is 27.9. The average Bonchev–Trinajstić information content (AvgIpc) is 2.79. The van der Waals surface area contributed by atoms with E-state index in [9.17, 15) is 13.6 Å². The number of carbonyl (C=O) groups is 1. The van der Waals surface area contributed by atoms with Gasteiger partial charge >= 0.3 is 0 Å². The number of hydrogen-bond donors (Lipinski definition) is 0. The Hall–Kier alpha value is -3.05. The highest BCUT2D eigenvalue weighted by atomic mass is 19.1. The summed E-state index contributed by atoms with van der Waals surface area (Å²) >= 11 is 0. The molecule has 32 heavy (non-hydrogen) atoms. The third-order valence-corrected chi connectivity index (χ3v) is 6.33. The minimum atomic E-state index is -0.545. The molecule has 5 heteroatoms. The van der Waals surface area contributed by atoms with Gasteiger partial charge in [-0.25, -0.2) is 8.78 Å². The van der Waals surface area contributed by atoms with Gasteiger partial charge < -0.3 is 4.90 Å². The van der Waals surface area contributed by atoms with Gasteiger partial charge in [0.05, 0.1) is 5.56 Å². The first-order valence-corrected chi connectivity index (χ1v) is 11.0. The minimum Gasteiger partial charge on any atom is -0.305 e. The lowest BCUT2D eigenvalue weighted by atomic mass is 9.99. The normalized spacial score (nSPS) is 15.0. The van der Waals surface area contributed by atoms with Crippen LogP contribution in [0, 0.1) is 25.5 Å². The zero-order chi connectivity index (χ0) is 22.7. The van der Waals surface area contributed by atoms with Crippen LogP contribution in [0.25, 0.3) is 0 Å². The van der Waals surface area contributed by atoms with Crippen LogP contribution in [-0.4, -0.2) is 29.9 Å². The third kappa shape index (κ3) is 4.89. The van der Waals surface area contributed by atoms with Crippen LogP contribution in [0.4, 0.5) is 14.5 Å². The second-order valence-corrected chi connectivity index (χ2v) is 8.56. The van der Waals surface area contributed by atoms with E-state index >= 15 is 0 Å². The number of benzene rings is 3. The van der Waals surface area contributed by atoms with Crippen LogP contribution in [0.2, 0.25) is 0 Å². The number of carbonyl (C=O) groups excluding carboxylic acids is 1. The van der Waals surface area contributed by atoms with Gasteiger partial charge in [0.1, 0.15) is 11.6 Å². The van der Waals surface area contributed by atoms with E-state index in [-0.39, 0.29) is 23.3 Å². The minimum absolute atomic E-state index is 0.0365. The van der Waals surface area contributed by atoms with E-state index in [1.54, 1.807) is 29.2 Å². The standard InChI is InChI=1S/C27H28F2N2O/c1-19-7-8-21(17-20(19)2)18-30-15-13-24(14-16-30)31(23-11-9-22(28)10-12-23)27(32)25-5-3-4-6-26(25)29/h3-12,17,24H,13-16,18H2,1-2H3. The largest absolute Gasteiger partial charge is 0.305 e. The highest BCUT2D eigenvalue weighted by molar-refractivity contribution is 6.06. The van der Waals surface area contributed by atoms with Crippen LogP contribution in [0.1, 0.15) is 39.9 Å². The van der Waals surface area contributed by atoms with E-state index in [4.69, 9.17) is 0 Å². The number of hydrogen-bond acceptors (Lipinski definition) is 2. The molecule has 1 heterocycles. The summed E-state index contributed by atoms with van der Waals surface area (Å²) in [5, 5.41) is 0. The molecular formula is C27H28F2N2O. The van der Waals surface area contributed by atoms with Crippen molar-refractivity contribution in [3.05, 3.63) is 101 Å². The molecule has 0 saturated carbocycles. The molecule has 0 spiro atoms. The molecule has 4 rings (SSSR count). The smallest absolute Gasteiger partial charge is 0.261 e. The Bertz CT molecular complexity index is 1090. The number of amides is 1. The van der Waals surface area contributed by atoms with Crippen LogP contribution < -0.4 is 4.90 Å².